The fourth-order valence-corrected chi connectivity index (χ4v) is 2.02. The van der Waals surface area contributed by atoms with Crippen molar-refractivity contribution in [2.24, 2.45) is 0 Å². The molecule has 2 rings (SSSR count). The second-order valence-corrected chi connectivity index (χ2v) is 4.93. The third kappa shape index (κ3) is 4.47. The van der Waals surface area contributed by atoms with Gasteiger partial charge in [0.1, 0.15) is 6.61 Å². The van der Waals surface area contributed by atoms with E-state index in [1.54, 1.807) is 6.92 Å². The smallest absolute Gasteiger partial charge is 0.335 e. The molecule has 0 spiro atoms. The molecule has 1 heterocycles. The lowest BCUT2D eigenvalue weighted by Crippen LogP contribution is -2.27. The zero-order chi connectivity index (χ0) is 15.2. The van der Waals surface area contributed by atoms with Gasteiger partial charge in [-0.2, -0.15) is 0 Å². The molecule has 0 N–H and O–H groups in total. The van der Waals surface area contributed by atoms with Crippen LogP contribution in [0.5, 0.6) is 0 Å². The fourth-order valence-electron chi connectivity index (χ4n) is 2.02. The molecular weight excluding hydrogens is 282 g/mol. The Labute approximate surface area is 122 Å². The summed E-state index contributed by atoms with van der Waals surface area (Å²) in [6.45, 7) is 2.27. The Morgan fingerprint density at radius 1 is 1.48 bits per heavy atom. The molecule has 0 aromatic heterocycles. The molecule has 1 aromatic carbocycles. The quantitative estimate of drug-likeness (QED) is 0.758. The largest absolute Gasteiger partial charge is 0.459 e. The lowest BCUT2D eigenvalue weighted by molar-refractivity contribution is -0.159. The van der Waals surface area contributed by atoms with Gasteiger partial charge in [0.2, 0.25) is 0 Å². The molecule has 21 heavy (non-hydrogen) atoms. The molecule has 116 valence electrons. The molecular formula is C15H18F2O4. The summed E-state index contributed by atoms with van der Waals surface area (Å²) in [7, 11) is 0. The van der Waals surface area contributed by atoms with Crippen LogP contribution >= 0.6 is 0 Å². The summed E-state index contributed by atoms with van der Waals surface area (Å²) in [5.74, 6) is -2.58. The molecule has 1 aliphatic rings. The van der Waals surface area contributed by atoms with Gasteiger partial charge in [0.05, 0.1) is 12.7 Å². The highest BCUT2D eigenvalue weighted by Gasteiger charge is 2.21. The van der Waals surface area contributed by atoms with Crippen molar-refractivity contribution in [1.29, 1.82) is 0 Å². The Kier molecular flexibility index (Phi) is 5.64. The molecule has 4 nitrogen and oxygen atoms in total. The number of benzene rings is 1. The third-order valence-electron chi connectivity index (χ3n) is 3.29. The normalized spacial score (nSPS) is 19.5. The third-order valence-corrected chi connectivity index (χ3v) is 3.29. The molecule has 2 atom stereocenters. The predicted molar refractivity (Wildman–Crippen MR) is 70.5 cm³/mol. The molecule has 1 fully saturated rings. The minimum atomic E-state index is -1.00. The molecule has 0 bridgehead atoms. The number of halogens is 2. The van der Waals surface area contributed by atoms with E-state index in [2.05, 4.69) is 0 Å². The van der Waals surface area contributed by atoms with Crippen molar-refractivity contribution in [2.45, 2.75) is 38.6 Å². The summed E-state index contributed by atoms with van der Waals surface area (Å²) in [4.78, 5) is 11.7. The standard InChI is InChI=1S/C15H18F2O4/c1-10(20-9-12-5-3-7-19-12)15(18)21-8-11-4-2-6-13(16)14(11)17/h2,4,6,10,12H,3,5,7-9H2,1H3. The maximum atomic E-state index is 13.4. The van der Waals surface area contributed by atoms with E-state index in [-0.39, 0.29) is 18.3 Å². The molecule has 1 aromatic rings. The summed E-state index contributed by atoms with van der Waals surface area (Å²) in [5, 5.41) is 0. The highest BCUT2D eigenvalue weighted by Crippen LogP contribution is 2.14. The highest BCUT2D eigenvalue weighted by molar-refractivity contribution is 5.74. The summed E-state index contributed by atoms with van der Waals surface area (Å²) in [6, 6.07) is 3.73. The molecule has 6 heteroatoms. The Morgan fingerprint density at radius 3 is 3.00 bits per heavy atom. The predicted octanol–water partition coefficient (Wildman–Crippen LogP) is 2.59. The summed E-state index contributed by atoms with van der Waals surface area (Å²) >= 11 is 0. The second kappa shape index (κ2) is 7.47. The molecule has 2 unspecified atom stereocenters. The van der Waals surface area contributed by atoms with Crippen LogP contribution in [0.3, 0.4) is 0 Å². The Balaban J connectivity index is 1.76. The first-order chi connectivity index (χ1) is 10.1. The Bertz CT molecular complexity index is 487. The van der Waals surface area contributed by atoms with Crippen LogP contribution in [-0.4, -0.2) is 31.4 Å². The van der Waals surface area contributed by atoms with E-state index in [0.717, 1.165) is 18.9 Å². The minimum Gasteiger partial charge on any atom is -0.459 e. The van der Waals surface area contributed by atoms with Crippen LogP contribution < -0.4 is 0 Å². The van der Waals surface area contributed by atoms with Gasteiger partial charge in [0.25, 0.3) is 0 Å². The van der Waals surface area contributed by atoms with Gasteiger partial charge in [-0.15, -0.1) is 0 Å². The molecule has 0 aliphatic carbocycles. The van der Waals surface area contributed by atoms with Crippen LogP contribution in [0, 0.1) is 11.6 Å². The van der Waals surface area contributed by atoms with Gasteiger partial charge in [-0.05, 0) is 25.8 Å². The van der Waals surface area contributed by atoms with Crippen molar-refractivity contribution in [3.8, 4) is 0 Å². The molecule has 0 amide bonds. The van der Waals surface area contributed by atoms with E-state index in [9.17, 15) is 13.6 Å². The second-order valence-electron chi connectivity index (χ2n) is 4.93. The summed E-state index contributed by atoms with van der Waals surface area (Å²) < 4.78 is 42.1. The van der Waals surface area contributed by atoms with Gasteiger partial charge < -0.3 is 14.2 Å². The topological polar surface area (TPSA) is 44.8 Å². The number of esters is 1. The highest BCUT2D eigenvalue weighted by atomic mass is 19.2. The van der Waals surface area contributed by atoms with E-state index in [1.165, 1.54) is 12.1 Å². The molecule has 0 saturated carbocycles. The van der Waals surface area contributed by atoms with Crippen molar-refractivity contribution < 1.29 is 27.8 Å². The van der Waals surface area contributed by atoms with Crippen molar-refractivity contribution in [3.63, 3.8) is 0 Å². The van der Waals surface area contributed by atoms with Gasteiger partial charge in [-0.1, -0.05) is 12.1 Å². The maximum absolute atomic E-state index is 13.4. The first kappa shape index (κ1) is 15.9. The number of ether oxygens (including phenoxy) is 3. The van der Waals surface area contributed by atoms with Crippen LogP contribution in [0.4, 0.5) is 8.78 Å². The van der Waals surface area contributed by atoms with Crippen LogP contribution in [-0.2, 0) is 25.6 Å². The number of carbonyl (C=O) groups excluding carboxylic acids is 1. The van der Waals surface area contributed by atoms with Crippen LogP contribution in [0.25, 0.3) is 0 Å². The van der Waals surface area contributed by atoms with Gasteiger partial charge in [0, 0.05) is 12.2 Å². The van der Waals surface area contributed by atoms with E-state index >= 15 is 0 Å². The lowest BCUT2D eigenvalue weighted by Gasteiger charge is -2.15. The number of rotatable bonds is 6. The van der Waals surface area contributed by atoms with Crippen LogP contribution in [0.2, 0.25) is 0 Å². The van der Waals surface area contributed by atoms with E-state index in [4.69, 9.17) is 14.2 Å². The maximum Gasteiger partial charge on any atom is 0.335 e. The zero-order valence-electron chi connectivity index (χ0n) is 11.8. The van der Waals surface area contributed by atoms with Gasteiger partial charge in [-0.3, -0.25) is 0 Å². The molecule has 1 aliphatic heterocycles. The van der Waals surface area contributed by atoms with Crippen molar-refractivity contribution >= 4 is 5.97 Å². The lowest BCUT2D eigenvalue weighted by atomic mass is 10.2. The van der Waals surface area contributed by atoms with E-state index < -0.39 is 23.7 Å². The van der Waals surface area contributed by atoms with Crippen LogP contribution in [0.15, 0.2) is 18.2 Å². The average molecular weight is 300 g/mol. The Morgan fingerprint density at radius 2 is 2.29 bits per heavy atom. The monoisotopic (exact) mass is 300 g/mol. The van der Waals surface area contributed by atoms with E-state index in [0.29, 0.717) is 13.2 Å². The summed E-state index contributed by atoms with van der Waals surface area (Å²) in [6.07, 6.45) is 1.15. The van der Waals surface area contributed by atoms with Gasteiger partial charge in [0.15, 0.2) is 17.7 Å². The van der Waals surface area contributed by atoms with E-state index in [1.807, 2.05) is 0 Å². The number of hydrogen-bond donors (Lipinski definition) is 0. The SMILES string of the molecule is CC(OCC1CCCO1)C(=O)OCc1cccc(F)c1F. The van der Waals surface area contributed by atoms with Crippen molar-refractivity contribution in [3.05, 3.63) is 35.4 Å². The zero-order valence-corrected chi connectivity index (χ0v) is 11.8. The Hall–Kier alpha value is -1.53. The van der Waals surface area contributed by atoms with Gasteiger partial charge >= 0.3 is 5.97 Å². The van der Waals surface area contributed by atoms with Crippen molar-refractivity contribution in [2.75, 3.05) is 13.2 Å². The van der Waals surface area contributed by atoms with Crippen molar-refractivity contribution in [1.82, 2.24) is 0 Å². The van der Waals surface area contributed by atoms with Gasteiger partial charge in [-0.25, -0.2) is 13.6 Å². The molecule has 1 saturated heterocycles. The first-order valence-corrected chi connectivity index (χ1v) is 6.90. The summed E-state index contributed by atoms with van der Waals surface area (Å²) in [5.41, 5.74) is -0.00493. The first-order valence-electron chi connectivity index (χ1n) is 6.90. The number of carbonyl (C=O) groups is 1. The minimum absolute atomic E-state index is 0.00493. The number of hydrogen-bond acceptors (Lipinski definition) is 4. The van der Waals surface area contributed by atoms with Crippen LogP contribution in [0.1, 0.15) is 25.3 Å². The average Bonchev–Trinajstić information content (AvgIpc) is 2.99. The fraction of sp³-hybridized carbons (Fsp3) is 0.533. The molecule has 0 radical (unpaired) electrons.